The Kier molecular flexibility index (Phi) is 8.30. The van der Waals surface area contributed by atoms with E-state index in [2.05, 4.69) is 198 Å². The van der Waals surface area contributed by atoms with Crippen LogP contribution in [0.1, 0.15) is 136 Å². The quantitative estimate of drug-likeness (QED) is 0.162. The van der Waals surface area contributed by atoms with Gasteiger partial charge in [0.05, 0.1) is 5.00 Å². The summed E-state index contributed by atoms with van der Waals surface area (Å²) in [6.45, 7) is 33.1. The van der Waals surface area contributed by atoms with E-state index < -0.39 is 0 Å². The highest BCUT2D eigenvalue weighted by atomic mass is 32.1. The molecular formula is C53H61BN2S. The van der Waals surface area contributed by atoms with E-state index in [0.717, 1.165) is 0 Å². The first-order valence-corrected chi connectivity index (χ1v) is 22.1. The highest BCUT2D eigenvalue weighted by Gasteiger charge is 2.46. The molecule has 0 spiro atoms. The molecule has 2 aliphatic heterocycles. The Bertz CT molecular complexity index is 2600. The molecule has 0 bridgehead atoms. The van der Waals surface area contributed by atoms with Gasteiger partial charge in [-0.15, -0.1) is 11.3 Å². The fraction of sp³-hybridized carbons (Fsp3) is 0.396. The molecule has 0 unspecified atom stereocenters. The van der Waals surface area contributed by atoms with Crippen LogP contribution < -0.4 is 26.2 Å². The van der Waals surface area contributed by atoms with Crippen LogP contribution in [0, 0.1) is 6.92 Å². The predicted molar refractivity (Wildman–Crippen MR) is 252 cm³/mol. The Morgan fingerprint density at radius 3 is 1.70 bits per heavy atom. The Hall–Kier alpha value is -4.28. The van der Waals surface area contributed by atoms with Gasteiger partial charge in [-0.3, -0.25) is 0 Å². The van der Waals surface area contributed by atoms with Crippen LogP contribution in [0.3, 0.4) is 0 Å². The maximum atomic E-state index is 2.66. The molecule has 3 aliphatic rings. The summed E-state index contributed by atoms with van der Waals surface area (Å²) in [5, 5.41) is 2.73. The minimum Gasteiger partial charge on any atom is -0.311 e. The van der Waals surface area contributed by atoms with Crippen molar-refractivity contribution in [1.82, 2.24) is 0 Å². The van der Waals surface area contributed by atoms with Crippen molar-refractivity contribution in [3.05, 3.63) is 124 Å². The lowest BCUT2D eigenvalue weighted by Crippen LogP contribution is -2.61. The number of anilines is 6. The Labute approximate surface area is 347 Å². The average molecular weight is 769 g/mol. The molecule has 0 fully saturated rings. The summed E-state index contributed by atoms with van der Waals surface area (Å²) in [4.78, 5) is 5.24. The minimum atomic E-state index is 0.0101. The van der Waals surface area contributed by atoms with Gasteiger partial charge in [0, 0.05) is 33.1 Å². The summed E-state index contributed by atoms with van der Waals surface area (Å²) in [6, 6.07) is 36.5. The molecular weight excluding hydrogens is 707 g/mol. The van der Waals surface area contributed by atoms with Gasteiger partial charge < -0.3 is 9.80 Å². The first-order chi connectivity index (χ1) is 26.5. The molecule has 5 aromatic carbocycles. The highest BCUT2D eigenvalue weighted by molar-refractivity contribution is 7.26. The van der Waals surface area contributed by atoms with Gasteiger partial charge in [-0.1, -0.05) is 132 Å². The van der Waals surface area contributed by atoms with Crippen molar-refractivity contribution in [2.75, 3.05) is 9.80 Å². The lowest BCUT2D eigenvalue weighted by Gasteiger charge is -2.45. The second-order valence-electron chi connectivity index (χ2n) is 21.9. The molecule has 9 rings (SSSR count). The monoisotopic (exact) mass is 768 g/mol. The van der Waals surface area contributed by atoms with E-state index >= 15 is 0 Å². The molecule has 0 atom stereocenters. The molecule has 1 aromatic heterocycles. The van der Waals surface area contributed by atoms with Crippen LogP contribution in [0.4, 0.5) is 33.4 Å². The summed E-state index contributed by atoms with van der Waals surface area (Å²) in [5.41, 5.74) is 19.4. The van der Waals surface area contributed by atoms with Crippen LogP contribution >= 0.6 is 11.3 Å². The molecule has 4 heteroatoms. The zero-order valence-electron chi connectivity index (χ0n) is 37.0. The number of hydrogen-bond donors (Lipinski definition) is 0. The first kappa shape index (κ1) is 38.3. The molecule has 57 heavy (non-hydrogen) atoms. The number of fused-ring (bicyclic) bond motifs is 7. The fourth-order valence-electron chi connectivity index (χ4n) is 9.95. The molecule has 3 heterocycles. The highest BCUT2D eigenvalue weighted by Crippen LogP contribution is 2.52. The van der Waals surface area contributed by atoms with Crippen molar-refractivity contribution in [3.63, 3.8) is 0 Å². The van der Waals surface area contributed by atoms with Gasteiger partial charge >= 0.3 is 0 Å². The molecule has 0 saturated heterocycles. The van der Waals surface area contributed by atoms with Crippen molar-refractivity contribution in [1.29, 1.82) is 0 Å². The number of benzene rings is 5. The first-order valence-electron chi connectivity index (χ1n) is 21.3. The summed E-state index contributed by atoms with van der Waals surface area (Å²) < 4.78 is 1.37. The van der Waals surface area contributed by atoms with Crippen molar-refractivity contribution < 1.29 is 0 Å². The third-order valence-corrected chi connectivity index (χ3v) is 14.8. The van der Waals surface area contributed by atoms with Crippen LogP contribution in [-0.2, 0) is 27.1 Å². The standard InChI is InChI=1S/C53H61BN2S/c1-32-27-43-47-44(28-32)56(37-21-23-39-40(31-37)53(13,14)26-25-52(39,11)12)48-46(38-22-17-35(51(8,9)10)30-45(38)57-48)54(47)41-29-34(50(5,6)7)18-24-42(41)55(43)36-19-15-33(16-20-36)49(2,3)4/h15-24,27-31H,25-26H2,1-14H3. The zero-order valence-corrected chi connectivity index (χ0v) is 37.8. The van der Waals surface area contributed by atoms with E-state index in [1.54, 1.807) is 0 Å². The molecule has 2 nitrogen and oxygen atoms in total. The van der Waals surface area contributed by atoms with E-state index in [0.29, 0.717) is 0 Å². The zero-order chi connectivity index (χ0) is 40.8. The van der Waals surface area contributed by atoms with Crippen LogP contribution in [-0.4, -0.2) is 6.71 Å². The van der Waals surface area contributed by atoms with Crippen molar-refractivity contribution >= 4 is 78.0 Å². The van der Waals surface area contributed by atoms with Crippen molar-refractivity contribution in [2.45, 2.75) is 137 Å². The Morgan fingerprint density at radius 2 is 1.07 bits per heavy atom. The SMILES string of the molecule is Cc1cc2c3c(c1)N(c1ccc4c(c1)C(C)(C)CCC4(C)C)c1sc4cc(C(C)(C)C)ccc4c1B3c1cc(C(C)(C)C)ccc1N2c1ccc(C(C)(C)C)cc1. The van der Waals surface area contributed by atoms with Gasteiger partial charge in [0.1, 0.15) is 0 Å². The Balaban J connectivity index is 1.39. The minimum absolute atomic E-state index is 0.0101. The van der Waals surface area contributed by atoms with Crippen molar-refractivity contribution in [3.8, 4) is 0 Å². The second kappa shape index (κ2) is 12.4. The van der Waals surface area contributed by atoms with Crippen LogP contribution in [0.25, 0.3) is 10.1 Å². The van der Waals surface area contributed by atoms with Gasteiger partial charge in [0.25, 0.3) is 6.71 Å². The number of aryl methyl sites for hydroxylation is 1. The normalized spacial score (nSPS) is 17.0. The van der Waals surface area contributed by atoms with Gasteiger partial charge in [0.2, 0.25) is 0 Å². The van der Waals surface area contributed by atoms with E-state index in [4.69, 9.17) is 0 Å². The second-order valence-corrected chi connectivity index (χ2v) is 23.0. The smallest absolute Gasteiger partial charge is 0.254 e. The third-order valence-electron chi connectivity index (χ3n) is 13.6. The molecule has 292 valence electrons. The molecule has 0 saturated carbocycles. The number of thiophene rings is 1. The summed E-state index contributed by atoms with van der Waals surface area (Å²) >= 11 is 1.99. The van der Waals surface area contributed by atoms with Gasteiger partial charge in [-0.2, -0.15) is 0 Å². The lowest BCUT2D eigenvalue weighted by atomic mass is 9.33. The summed E-state index contributed by atoms with van der Waals surface area (Å²) in [5.74, 6) is 0. The molecule has 0 radical (unpaired) electrons. The van der Waals surface area contributed by atoms with Crippen LogP contribution in [0.15, 0.2) is 91.0 Å². The van der Waals surface area contributed by atoms with Gasteiger partial charge in [-0.25, -0.2) is 0 Å². The summed E-state index contributed by atoms with van der Waals surface area (Å²) in [6.07, 6.45) is 2.40. The topological polar surface area (TPSA) is 6.48 Å². The van der Waals surface area contributed by atoms with E-state index in [9.17, 15) is 0 Å². The number of nitrogens with zero attached hydrogens (tertiary/aromatic N) is 2. The van der Waals surface area contributed by atoms with Crippen LogP contribution in [0.5, 0.6) is 0 Å². The average Bonchev–Trinajstić information content (AvgIpc) is 3.50. The molecule has 0 N–H and O–H groups in total. The van der Waals surface area contributed by atoms with Crippen molar-refractivity contribution in [2.24, 2.45) is 0 Å². The third kappa shape index (κ3) is 6.02. The molecule has 1 aliphatic carbocycles. The van der Waals surface area contributed by atoms with E-state index in [-0.39, 0.29) is 33.8 Å². The van der Waals surface area contributed by atoms with E-state index in [1.807, 2.05) is 11.3 Å². The number of rotatable bonds is 2. The predicted octanol–water partition coefficient (Wildman–Crippen LogP) is 13.5. The summed E-state index contributed by atoms with van der Waals surface area (Å²) in [7, 11) is 0. The van der Waals surface area contributed by atoms with Gasteiger partial charge in [0.15, 0.2) is 0 Å². The van der Waals surface area contributed by atoms with Crippen LogP contribution in [0.2, 0.25) is 0 Å². The number of hydrogen-bond acceptors (Lipinski definition) is 3. The maximum absolute atomic E-state index is 2.66. The molecule has 0 amide bonds. The lowest BCUT2D eigenvalue weighted by molar-refractivity contribution is 0.332. The largest absolute Gasteiger partial charge is 0.311 e. The van der Waals surface area contributed by atoms with E-state index in [1.165, 1.54) is 106 Å². The molecule has 6 aromatic rings. The fourth-order valence-corrected chi connectivity index (χ4v) is 11.3. The Morgan fingerprint density at radius 1 is 0.526 bits per heavy atom. The van der Waals surface area contributed by atoms with Gasteiger partial charge in [-0.05, 0) is 151 Å². The maximum Gasteiger partial charge on any atom is 0.254 e.